The molecule has 1 rings (SSSR count). The van der Waals surface area contributed by atoms with Crippen LogP contribution in [0.3, 0.4) is 0 Å². The van der Waals surface area contributed by atoms with Crippen LogP contribution in [-0.2, 0) is 18.3 Å². The van der Waals surface area contributed by atoms with Crippen molar-refractivity contribution in [1.82, 2.24) is 15.0 Å². The molecule has 0 radical (unpaired) electrons. The van der Waals surface area contributed by atoms with Gasteiger partial charge in [-0.2, -0.15) is 0 Å². The number of carbonyl (C=O) groups is 1. The third-order valence-electron chi connectivity index (χ3n) is 4.72. The summed E-state index contributed by atoms with van der Waals surface area (Å²) < 4.78 is 1.77. The number of carboxylic acids is 1. The lowest BCUT2D eigenvalue weighted by molar-refractivity contribution is -0.137. The molecule has 0 aliphatic heterocycles. The number of nitrogens with zero attached hydrogens (tertiary/aromatic N) is 3. The zero-order valence-corrected chi connectivity index (χ0v) is 16.1. The summed E-state index contributed by atoms with van der Waals surface area (Å²) in [7, 11) is 1.92. The second kappa shape index (κ2) is 14.9. The van der Waals surface area contributed by atoms with Crippen molar-refractivity contribution < 1.29 is 9.90 Å². The predicted octanol–water partition coefficient (Wildman–Crippen LogP) is 5.29. The molecule has 5 nitrogen and oxygen atoms in total. The normalized spacial score (nSPS) is 11.1. The first-order valence-electron chi connectivity index (χ1n) is 10.3. The second-order valence-corrected chi connectivity index (χ2v) is 7.23. The van der Waals surface area contributed by atoms with Crippen LogP contribution in [-0.4, -0.2) is 26.1 Å². The molecule has 0 unspecified atom stereocenters. The second-order valence-electron chi connectivity index (χ2n) is 7.23. The topological polar surface area (TPSA) is 68.0 Å². The first-order chi connectivity index (χ1) is 12.2. The minimum absolute atomic E-state index is 0.334. The van der Waals surface area contributed by atoms with E-state index in [1.54, 1.807) is 4.68 Å². The zero-order valence-electron chi connectivity index (χ0n) is 16.1. The quantitative estimate of drug-likeness (QED) is 0.387. The van der Waals surface area contributed by atoms with Crippen LogP contribution in [0.25, 0.3) is 0 Å². The van der Waals surface area contributed by atoms with Crippen LogP contribution in [0, 0.1) is 0 Å². The third-order valence-corrected chi connectivity index (χ3v) is 4.72. The highest BCUT2D eigenvalue weighted by atomic mass is 16.4. The highest BCUT2D eigenvalue weighted by molar-refractivity contribution is 5.66. The maximum atomic E-state index is 10.4. The molecule has 1 heterocycles. The van der Waals surface area contributed by atoms with Crippen molar-refractivity contribution in [3.8, 4) is 0 Å². The Morgan fingerprint density at radius 2 is 1.28 bits per heavy atom. The molecule has 0 fully saturated rings. The molecular formula is C20H37N3O2. The monoisotopic (exact) mass is 351 g/mol. The van der Waals surface area contributed by atoms with Gasteiger partial charge in [-0.1, -0.05) is 82.3 Å². The molecule has 1 aromatic heterocycles. The number of rotatable bonds is 17. The number of hydrogen-bond acceptors (Lipinski definition) is 3. The summed E-state index contributed by atoms with van der Waals surface area (Å²) in [6.07, 6.45) is 21.2. The molecule has 0 aromatic carbocycles. The molecule has 0 spiro atoms. The van der Waals surface area contributed by atoms with E-state index in [9.17, 15) is 4.79 Å². The third kappa shape index (κ3) is 13.6. The van der Waals surface area contributed by atoms with Gasteiger partial charge in [-0.15, -0.1) is 5.10 Å². The predicted molar refractivity (Wildman–Crippen MR) is 102 cm³/mol. The fourth-order valence-electron chi connectivity index (χ4n) is 3.21. The van der Waals surface area contributed by atoms with Crippen LogP contribution in [0.2, 0.25) is 0 Å². The van der Waals surface area contributed by atoms with Crippen LogP contribution in [0.15, 0.2) is 6.20 Å². The Bertz CT molecular complexity index is 446. The van der Waals surface area contributed by atoms with Crippen LogP contribution in [0.5, 0.6) is 0 Å². The van der Waals surface area contributed by atoms with Gasteiger partial charge in [0, 0.05) is 19.7 Å². The van der Waals surface area contributed by atoms with Gasteiger partial charge in [-0.05, 0) is 19.3 Å². The van der Waals surface area contributed by atoms with E-state index in [0.717, 1.165) is 25.0 Å². The fourth-order valence-corrected chi connectivity index (χ4v) is 3.21. The summed E-state index contributed by atoms with van der Waals surface area (Å²) in [5.41, 5.74) is 1.12. The first kappa shape index (κ1) is 21.7. The van der Waals surface area contributed by atoms with Crippen molar-refractivity contribution >= 4 is 5.97 Å². The molecular weight excluding hydrogens is 314 g/mol. The Morgan fingerprint density at radius 3 is 1.68 bits per heavy atom. The van der Waals surface area contributed by atoms with Gasteiger partial charge in [-0.3, -0.25) is 9.48 Å². The zero-order chi connectivity index (χ0) is 18.2. The van der Waals surface area contributed by atoms with E-state index < -0.39 is 5.97 Å². The molecule has 5 heteroatoms. The van der Waals surface area contributed by atoms with Crippen molar-refractivity contribution in [3.63, 3.8) is 0 Å². The number of aromatic nitrogens is 3. The fraction of sp³-hybridized carbons (Fsp3) is 0.850. The van der Waals surface area contributed by atoms with Gasteiger partial charge < -0.3 is 5.11 Å². The maximum absolute atomic E-state index is 10.4. The molecule has 0 aliphatic rings. The van der Waals surface area contributed by atoms with E-state index in [0.29, 0.717) is 6.42 Å². The van der Waals surface area contributed by atoms with E-state index in [4.69, 9.17) is 5.11 Å². The van der Waals surface area contributed by atoms with Gasteiger partial charge in [0.2, 0.25) is 0 Å². The SMILES string of the molecule is Cn1cc(CCCCCCCCCCCCCCCCC(=O)O)nn1. The van der Waals surface area contributed by atoms with Crippen LogP contribution < -0.4 is 0 Å². The average Bonchev–Trinajstić information content (AvgIpc) is 2.99. The number of aryl methyl sites for hydroxylation is 2. The molecule has 25 heavy (non-hydrogen) atoms. The maximum Gasteiger partial charge on any atom is 0.303 e. The Labute approximate surface area is 153 Å². The van der Waals surface area contributed by atoms with Gasteiger partial charge in [0.05, 0.1) is 5.69 Å². The van der Waals surface area contributed by atoms with Crippen LogP contribution >= 0.6 is 0 Å². The van der Waals surface area contributed by atoms with Crippen molar-refractivity contribution in [2.24, 2.45) is 7.05 Å². The Kier molecular flexibility index (Phi) is 12.9. The smallest absolute Gasteiger partial charge is 0.303 e. The number of aliphatic carboxylic acids is 1. The van der Waals surface area contributed by atoms with Gasteiger partial charge in [0.1, 0.15) is 0 Å². The van der Waals surface area contributed by atoms with Crippen LogP contribution in [0.4, 0.5) is 0 Å². The minimum atomic E-state index is -0.662. The van der Waals surface area contributed by atoms with Crippen LogP contribution in [0.1, 0.15) is 102 Å². The molecule has 144 valence electrons. The molecule has 1 N–H and O–H groups in total. The lowest BCUT2D eigenvalue weighted by atomic mass is 10.0. The summed E-state index contributed by atoms with van der Waals surface area (Å²) in [6.45, 7) is 0. The number of carboxylic acid groups (broad SMARTS) is 1. The highest BCUT2D eigenvalue weighted by Gasteiger charge is 1.99. The van der Waals surface area contributed by atoms with E-state index in [-0.39, 0.29) is 0 Å². The van der Waals surface area contributed by atoms with E-state index in [2.05, 4.69) is 10.3 Å². The minimum Gasteiger partial charge on any atom is -0.481 e. The standard InChI is InChI=1S/C20H37N3O2/c1-23-18-19(21-22-23)16-14-12-10-8-6-4-2-3-5-7-9-11-13-15-17-20(24)25/h18H,2-17H2,1H3,(H,24,25). The van der Waals surface area contributed by atoms with E-state index >= 15 is 0 Å². The van der Waals surface area contributed by atoms with E-state index in [1.165, 1.54) is 77.0 Å². The Morgan fingerprint density at radius 1 is 0.840 bits per heavy atom. The summed E-state index contributed by atoms with van der Waals surface area (Å²) in [5, 5.41) is 16.6. The molecule has 0 saturated heterocycles. The molecule has 0 amide bonds. The molecule has 0 saturated carbocycles. The summed E-state index contributed by atoms with van der Waals surface area (Å²) in [6, 6.07) is 0. The summed E-state index contributed by atoms with van der Waals surface area (Å²) in [5.74, 6) is -0.662. The van der Waals surface area contributed by atoms with Gasteiger partial charge in [-0.25, -0.2) is 0 Å². The van der Waals surface area contributed by atoms with Crippen molar-refractivity contribution in [3.05, 3.63) is 11.9 Å². The Balaban J connectivity index is 1.71. The van der Waals surface area contributed by atoms with Crippen molar-refractivity contribution in [2.45, 2.75) is 103 Å². The molecule has 0 bridgehead atoms. The van der Waals surface area contributed by atoms with Crippen molar-refractivity contribution in [1.29, 1.82) is 0 Å². The highest BCUT2D eigenvalue weighted by Crippen LogP contribution is 2.13. The van der Waals surface area contributed by atoms with Gasteiger partial charge >= 0.3 is 5.97 Å². The first-order valence-corrected chi connectivity index (χ1v) is 10.3. The van der Waals surface area contributed by atoms with Gasteiger partial charge in [0.25, 0.3) is 0 Å². The van der Waals surface area contributed by atoms with E-state index in [1.807, 2.05) is 13.2 Å². The Hall–Kier alpha value is -1.39. The molecule has 0 aliphatic carbocycles. The lowest BCUT2D eigenvalue weighted by Gasteiger charge is -2.03. The van der Waals surface area contributed by atoms with Gasteiger partial charge in [0.15, 0.2) is 0 Å². The number of unbranched alkanes of at least 4 members (excludes halogenated alkanes) is 13. The number of hydrogen-bond donors (Lipinski definition) is 1. The lowest BCUT2D eigenvalue weighted by Crippen LogP contribution is -1.93. The average molecular weight is 352 g/mol. The summed E-state index contributed by atoms with van der Waals surface area (Å²) in [4.78, 5) is 10.4. The largest absolute Gasteiger partial charge is 0.481 e. The van der Waals surface area contributed by atoms with Crippen molar-refractivity contribution in [2.75, 3.05) is 0 Å². The molecule has 1 aromatic rings. The molecule has 0 atom stereocenters. The summed E-state index contributed by atoms with van der Waals surface area (Å²) >= 11 is 0.